The summed E-state index contributed by atoms with van der Waals surface area (Å²) in [5, 5.41) is 0. The van der Waals surface area contributed by atoms with E-state index in [0.29, 0.717) is 11.5 Å². The molecule has 2 N–H and O–H groups in total. The molecule has 1 saturated heterocycles. The van der Waals surface area contributed by atoms with Crippen LogP contribution in [0.5, 0.6) is 0 Å². The summed E-state index contributed by atoms with van der Waals surface area (Å²) >= 11 is 0. The van der Waals surface area contributed by atoms with Crippen molar-refractivity contribution in [1.29, 1.82) is 0 Å². The van der Waals surface area contributed by atoms with Crippen molar-refractivity contribution >= 4 is 17.5 Å². The van der Waals surface area contributed by atoms with Crippen LogP contribution in [0.4, 0.5) is 5.69 Å². The smallest absolute Gasteiger partial charge is 0.248 e. The Labute approximate surface area is 162 Å². The summed E-state index contributed by atoms with van der Waals surface area (Å²) in [5.74, 6) is 1.05. The third-order valence-corrected chi connectivity index (χ3v) is 6.27. The molecule has 0 spiro atoms. The van der Waals surface area contributed by atoms with Crippen LogP contribution in [-0.4, -0.2) is 42.9 Å². The first-order valence-corrected chi connectivity index (χ1v) is 10.5. The molecule has 5 nitrogen and oxygen atoms in total. The summed E-state index contributed by atoms with van der Waals surface area (Å²) in [5.41, 5.74) is 6.92. The highest BCUT2D eigenvalue weighted by Gasteiger charge is 2.30. The number of hydrogen-bond acceptors (Lipinski definition) is 3. The topological polar surface area (TPSA) is 66.6 Å². The molecule has 27 heavy (non-hydrogen) atoms. The van der Waals surface area contributed by atoms with Crippen molar-refractivity contribution in [1.82, 2.24) is 4.90 Å². The maximum Gasteiger partial charge on any atom is 0.248 e. The van der Waals surface area contributed by atoms with Crippen molar-refractivity contribution in [3.8, 4) is 0 Å². The van der Waals surface area contributed by atoms with Crippen LogP contribution in [-0.2, 0) is 4.79 Å². The minimum Gasteiger partial charge on any atom is -0.368 e. The van der Waals surface area contributed by atoms with Gasteiger partial charge in [-0.3, -0.25) is 9.59 Å². The van der Waals surface area contributed by atoms with E-state index >= 15 is 0 Å². The third-order valence-electron chi connectivity index (χ3n) is 6.27. The van der Waals surface area contributed by atoms with Crippen LogP contribution in [0.2, 0.25) is 0 Å². The van der Waals surface area contributed by atoms with Gasteiger partial charge in [0.1, 0.15) is 0 Å². The van der Waals surface area contributed by atoms with Crippen LogP contribution >= 0.6 is 0 Å². The molecule has 0 unspecified atom stereocenters. The molecule has 3 rings (SSSR count). The molecule has 0 aromatic heterocycles. The van der Waals surface area contributed by atoms with Gasteiger partial charge in [-0.05, 0) is 55.9 Å². The number of amides is 2. The minimum atomic E-state index is -0.401. The second-order valence-corrected chi connectivity index (χ2v) is 8.08. The zero-order valence-electron chi connectivity index (χ0n) is 16.5. The van der Waals surface area contributed by atoms with E-state index < -0.39 is 5.91 Å². The van der Waals surface area contributed by atoms with Crippen molar-refractivity contribution in [3.05, 3.63) is 29.8 Å². The van der Waals surface area contributed by atoms with Crippen LogP contribution in [0.25, 0.3) is 0 Å². The molecule has 2 amide bonds. The van der Waals surface area contributed by atoms with Gasteiger partial charge in [0.25, 0.3) is 0 Å². The van der Waals surface area contributed by atoms with E-state index in [2.05, 4.69) is 16.7 Å². The lowest BCUT2D eigenvalue weighted by Crippen LogP contribution is -2.50. The fraction of sp³-hybridized carbons (Fsp3) is 0.636. The number of rotatable bonds is 6. The first-order chi connectivity index (χ1) is 13.1. The van der Waals surface area contributed by atoms with E-state index in [4.69, 9.17) is 5.73 Å². The van der Waals surface area contributed by atoms with Gasteiger partial charge in [0.05, 0.1) is 0 Å². The van der Waals surface area contributed by atoms with Crippen LogP contribution < -0.4 is 10.6 Å². The number of piperazine rings is 1. The molecule has 5 heteroatoms. The quantitative estimate of drug-likeness (QED) is 0.833. The van der Waals surface area contributed by atoms with Crippen molar-refractivity contribution < 1.29 is 9.59 Å². The lowest BCUT2D eigenvalue weighted by atomic mass is 9.79. The first kappa shape index (κ1) is 19.7. The molecule has 0 bridgehead atoms. The fourth-order valence-corrected chi connectivity index (χ4v) is 4.47. The highest BCUT2D eigenvalue weighted by molar-refractivity contribution is 5.93. The summed E-state index contributed by atoms with van der Waals surface area (Å²) in [6, 6.07) is 7.42. The standard InChI is InChI=1S/C22H33N3O2/c1-2-3-4-17-5-7-19(8-6-17)22(27)25-15-13-24(14-16-25)20-11-9-18(10-12-20)21(23)26/h9-12,17,19H,2-8,13-16H2,1H3,(H2,23,26). The van der Waals surface area contributed by atoms with E-state index in [1.165, 1.54) is 32.1 Å². The molecular weight excluding hydrogens is 338 g/mol. The van der Waals surface area contributed by atoms with Gasteiger partial charge in [0.2, 0.25) is 11.8 Å². The van der Waals surface area contributed by atoms with Gasteiger partial charge in [0.15, 0.2) is 0 Å². The lowest BCUT2D eigenvalue weighted by Gasteiger charge is -2.39. The van der Waals surface area contributed by atoms with Crippen LogP contribution in [0.15, 0.2) is 24.3 Å². The number of hydrogen-bond donors (Lipinski definition) is 1. The predicted molar refractivity (Wildman–Crippen MR) is 109 cm³/mol. The number of primary amides is 1. The number of anilines is 1. The summed E-state index contributed by atoms with van der Waals surface area (Å²) in [6.45, 7) is 5.50. The molecule has 2 fully saturated rings. The zero-order valence-corrected chi connectivity index (χ0v) is 16.5. The average Bonchev–Trinajstić information content (AvgIpc) is 2.72. The monoisotopic (exact) mass is 371 g/mol. The van der Waals surface area contributed by atoms with Crippen molar-refractivity contribution in [2.24, 2.45) is 17.6 Å². The van der Waals surface area contributed by atoms with Gasteiger partial charge < -0.3 is 15.5 Å². The van der Waals surface area contributed by atoms with Crippen LogP contribution in [0.1, 0.15) is 62.2 Å². The molecule has 1 aliphatic carbocycles. The van der Waals surface area contributed by atoms with Gasteiger partial charge in [-0.25, -0.2) is 0 Å². The SMILES string of the molecule is CCCCC1CCC(C(=O)N2CCN(c3ccc(C(N)=O)cc3)CC2)CC1. The van der Waals surface area contributed by atoms with Gasteiger partial charge in [-0.2, -0.15) is 0 Å². The molecule has 148 valence electrons. The molecule has 1 aromatic carbocycles. The molecule has 1 saturated carbocycles. The number of carbonyl (C=O) groups is 2. The van der Waals surface area contributed by atoms with Gasteiger partial charge in [-0.15, -0.1) is 0 Å². The Morgan fingerprint density at radius 1 is 1.00 bits per heavy atom. The van der Waals surface area contributed by atoms with Gasteiger partial charge in [-0.1, -0.05) is 26.2 Å². The number of unbranched alkanes of at least 4 members (excludes halogenated alkanes) is 1. The number of carbonyl (C=O) groups excluding carboxylic acids is 2. The normalized spacial score (nSPS) is 23.3. The lowest BCUT2D eigenvalue weighted by molar-refractivity contribution is -0.137. The summed E-state index contributed by atoms with van der Waals surface area (Å²) < 4.78 is 0. The average molecular weight is 372 g/mol. The highest BCUT2D eigenvalue weighted by atomic mass is 16.2. The molecule has 1 aromatic rings. The van der Waals surface area contributed by atoms with E-state index in [-0.39, 0.29) is 5.92 Å². The van der Waals surface area contributed by atoms with Crippen LogP contribution in [0, 0.1) is 11.8 Å². The minimum absolute atomic E-state index is 0.240. The highest BCUT2D eigenvalue weighted by Crippen LogP contribution is 2.33. The largest absolute Gasteiger partial charge is 0.368 e. The Balaban J connectivity index is 1.46. The predicted octanol–water partition coefficient (Wildman–Crippen LogP) is 3.43. The Kier molecular flexibility index (Phi) is 6.75. The Morgan fingerprint density at radius 3 is 2.19 bits per heavy atom. The van der Waals surface area contributed by atoms with Crippen molar-refractivity contribution in [2.45, 2.75) is 51.9 Å². The second kappa shape index (κ2) is 9.25. The maximum absolute atomic E-state index is 12.9. The Bertz CT molecular complexity index is 627. The van der Waals surface area contributed by atoms with E-state index in [1.807, 2.05) is 12.1 Å². The maximum atomic E-state index is 12.9. The molecule has 2 aliphatic rings. The second-order valence-electron chi connectivity index (χ2n) is 8.08. The van der Waals surface area contributed by atoms with Gasteiger partial charge in [0, 0.05) is 43.3 Å². The van der Waals surface area contributed by atoms with Gasteiger partial charge >= 0.3 is 0 Å². The molecule has 0 atom stereocenters. The number of nitrogens with two attached hydrogens (primary N) is 1. The van der Waals surface area contributed by atoms with Crippen LogP contribution in [0.3, 0.4) is 0 Å². The Hall–Kier alpha value is -2.04. The van der Waals surface area contributed by atoms with E-state index in [1.54, 1.807) is 12.1 Å². The molecule has 1 aliphatic heterocycles. The molecule has 1 heterocycles. The molecule has 0 radical (unpaired) electrons. The summed E-state index contributed by atoms with van der Waals surface area (Å²) in [4.78, 5) is 28.4. The third kappa shape index (κ3) is 5.02. The van der Waals surface area contributed by atoms with Crippen molar-refractivity contribution in [3.63, 3.8) is 0 Å². The first-order valence-electron chi connectivity index (χ1n) is 10.5. The fourth-order valence-electron chi connectivity index (χ4n) is 4.47. The molecular formula is C22H33N3O2. The Morgan fingerprint density at radius 2 is 1.63 bits per heavy atom. The zero-order chi connectivity index (χ0) is 19.2. The summed E-state index contributed by atoms with van der Waals surface area (Å²) in [6.07, 6.45) is 8.53. The van der Waals surface area contributed by atoms with Crippen molar-refractivity contribution in [2.75, 3.05) is 31.1 Å². The van der Waals surface area contributed by atoms with E-state index in [0.717, 1.165) is 50.6 Å². The number of nitrogens with zero attached hydrogens (tertiary/aromatic N) is 2. The summed E-state index contributed by atoms with van der Waals surface area (Å²) in [7, 11) is 0. The number of benzene rings is 1. The van der Waals surface area contributed by atoms with E-state index in [9.17, 15) is 9.59 Å².